The summed E-state index contributed by atoms with van der Waals surface area (Å²) in [7, 11) is 0. The fraction of sp³-hybridized carbons (Fsp3) is 0.630. The van der Waals surface area contributed by atoms with Crippen LogP contribution in [0.4, 0.5) is 0 Å². The second-order valence-electron chi connectivity index (χ2n) is 10.9. The van der Waals surface area contributed by atoms with Crippen molar-refractivity contribution in [1.29, 1.82) is 0 Å². The maximum Gasteiger partial charge on any atom is 0.254 e. The van der Waals surface area contributed by atoms with E-state index in [2.05, 4.69) is 0 Å². The van der Waals surface area contributed by atoms with Gasteiger partial charge in [0, 0.05) is 55.6 Å². The number of aromatic nitrogens is 2. The molecule has 0 bridgehead atoms. The van der Waals surface area contributed by atoms with Crippen molar-refractivity contribution in [3.8, 4) is 11.8 Å². The predicted molar refractivity (Wildman–Crippen MR) is 161 cm³/mol. The predicted octanol–water partition coefficient (Wildman–Crippen LogP) is 5.52. The van der Waals surface area contributed by atoms with E-state index in [0.717, 1.165) is 87.5 Å². The summed E-state index contributed by atoms with van der Waals surface area (Å²) in [5.41, 5.74) is 0.734. The summed E-state index contributed by atoms with van der Waals surface area (Å²) in [4.78, 5) is 27.2. The molecule has 0 amide bonds. The molecule has 0 saturated heterocycles. The molecule has 0 aromatic carbocycles. The number of fused-ring (bicyclic) bond motifs is 2. The third-order valence-electron chi connectivity index (χ3n) is 7.23. The van der Waals surface area contributed by atoms with E-state index < -0.39 is 11.1 Å². The molecule has 2 N–H and O–H groups in total. The minimum absolute atomic E-state index is 0.116. The van der Waals surface area contributed by atoms with Crippen LogP contribution in [0, 0.1) is 0 Å². The van der Waals surface area contributed by atoms with Crippen LogP contribution in [-0.4, -0.2) is 53.9 Å². The Morgan fingerprint density at radius 2 is 1.16 bits per heavy atom. The molecule has 0 unspecified atom stereocenters. The molecule has 37 heavy (non-hydrogen) atoms. The average Bonchev–Trinajstić information content (AvgIpc) is 3.47. The highest BCUT2D eigenvalue weighted by molar-refractivity contribution is 8.00. The number of thioether (sulfide) groups is 4. The Bertz CT molecular complexity index is 1160. The molecule has 2 aliphatic heterocycles. The number of nitrogens with zero attached hydrogens (tertiary/aromatic N) is 2. The van der Waals surface area contributed by atoms with Gasteiger partial charge in [0.15, 0.2) is 11.8 Å². The van der Waals surface area contributed by atoms with Gasteiger partial charge >= 0.3 is 0 Å². The van der Waals surface area contributed by atoms with Gasteiger partial charge in [0.2, 0.25) is 0 Å². The first-order chi connectivity index (χ1) is 17.5. The lowest BCUT2D eigenvalue weighted by Crippen LogP contribution is -2.37. The van der Waals surface area contributed by atoms with E-state index in [1.807, 2.05) is 51.2 Å². The lowest BCUT2D eigenvalue weighted by molar-refractivity contribution is 0.278. The van der Waals surface area contributed by atoms with Crippen molar-refractivity contribution in [3.05, 3.63) is 44.0 Å². The zero-order valence-corrected chi connectivity index (χ0v) is 25.4. The number of rotatable bonds is 12. The summed E-state index contributed by atoms with van der Waals surface area (Å²) >= 11 is 7.08. The first-order valence-electron chi connectivity index (χ1n) is 12.9. The summed E-state index contributed by atoms with van der Waals surface area (Å²) in [6.07, 6.45) is 4.36. The Labute approximate surface area is 236 Å². The molecule has 0 saturated carbocycles. The Morgan fingerprint density at radius 3 is 1.57 bits per heavy atom. The van der Waals surface area contributed by atoms with Gasteiger partial charge in [-0.15, -0.1) is 23.5 Å². The van der Waals surface area contributed by atoms with Crippen LogP contribution < -0.4 is 11.1 Å². The van der Waals surface area contributed by atoms with Crippen LogP contribution in [-0.2, 0) is 23.9 Å². The lowest BCUT2D eigenvalue weighted by atomic mass is 10.0. The van der Waals surface area contributed by atoms with Crippen LogP contribution in [0.1, 0.15) is 58.1 Å². The van der Waals surface area contributed by atoms with Gasteiger partial charge in [0.05, 0.1) is 0 Å². The molecule has 204 valence electrons. The molecule has 0 atom stereocenters. The highest BCUT2D eigenvalue weighted by Crippen LogP contribution is 2.39. The summed E-state index contributed by atoms with van der Waals surface area (Å²) in [6.45, 7) is 8.13. The minimum Gasteiger partial charge on any atom is -0.494 e. The number of hydrogen-bond donors (Lipinski definition) is 2. The Hall–Kier alpha value is -1.10. The molecular formula is C27H38N2O4S4. The molecular weight excluding hydrogens is 545 g/mol. The molecule has 0 aliphatic carbocycles. The standard InChI is InChI=1S/C27H38N2O4S4/c1-26(2,28-22(30)16-20-18(24(28)32)6-12-36-20)8-14-34-10-5-11-35-15-9-27(3,4)29-23(31)17-21-19(25(29)33)7-13-37-21/h16-17,32-33H,5-15H2,1-4H3. The van der Waals surface area contributed by atoms with Crippen molar-refractivity contribution in [2.24, 2.45) is 0 Å². The zero-order valence-electron chi connectivity index (χ0n) is 22.2. The van der Waals surface area contributed by atoms with E-state index in [1.165, 1.54) is 0 Å². The number of aromatic hydroxyl groups is 2. The van der Waals surface area contributed by atoms with Crippen LogP contribution in [0.25, 0.3) is 0 Å². The third-order valence-corrected chi connectivity index (χ3v) is 11.5. The molecule has 10 heteroatoms. The second-order valence-corrected chi connectivity index (χ2v) is 15.6. The maximum absolute atomic E-state index is 12.7. The number of pyridine rings is 2. The van der Waals surface area contributed by atoms with Crippen LogP contribution in [0.3, 0.4) is 0 Å². The monoisotopic (exact) mass is 582 g/mol. The fourth-order valence-electron chi connectivity index (χ4n) is 4.98. The molecule has 6 nitrogen and oxygen atoms in total. The highest BCUT2D eigenvalue weighted by atomic mass is 32.2. The van der Waals surface area contributed by atoms with Crippen LogP contribution in [0.15, 0.2) is 31.5 Å². The van der Waals surface area contributed by atoms with Gasteiger partial charge in [-0.2, -0.15) is 23.5 Å². The van der Waals surface area contributed by atoms with Gasteiger partial charge in [0.25, 0.3) is 11.1 Å². The Kier molecular flexibility index (Phi) is 9.34. The van der Waals surface area contributed by atoms with Gasteiger partial charge in [-0.05, 0) is 82.8 Å². The third kappa shape index (κ3) is 6.39. The smallest absolute Gasteiger partial charge is 0.254 e. The summed E-state index contributed by atoms with van der Waals surface area (Å²) in [6, 6.07) is 3.36. The van der Waals surface area contributed by atoms with Crippen molar-refractivity contribution >= 4 is 47.0 Å². The van der Waals surface area contributed by atoms with E-state index in [4.69, 9.17) is 0 Å². The topological polar surface area (TPSA) is 84.5 Å². The van der Waals surface area contributed by atoms with E-state index in [9.17, 15) is 19.8 Å². The molecule has 0 spiro atoms. The molecule has 0 radical (unpaired) electrons. The highest BCUT2D eigenvalue weighted by Gasteiger charge is 2.30. The molecule has 4 rings (SSSR count). The first-order valence-corrected chi connectivity index (χ1v) is 17.2. The quantitative estimate of drug-likeness (QED) is 0.316. The van der Waals surface area contributed by atoms with Gasteiger partial charge in [-0.1, -0.05) is 0 Å². The molecule has 4 heterocycles. The Balaban J connectivity index is 1.17. The molecule has 2 aromatic heterocycles. The first kappa shape index (κ1) is 28.9. The van der Waals surface area contributed by atoms with Gasteiger partial charge in [0.1, 0.15) is 0 Å². The van der Waals surface area contributed by atoms with E-state index in [0.29, 0.717) is 0 Å². The molecule has 2 aliphatic rings. The SMILES string of the molecule is CC(C)(CCSCCCSCCC(C)(C)n1c(O)c2c(cc1=O)SCC2)n1c(O)c2c(cc1=O)SCC2. The van der Waals surface area contributed by atoms with Crippen LogP contribution >= 0.6 is 47.0 Å². The lowest BCUT2D eigenvalue weighted by Gasteiger charge is -2.29. The largest absolute Gasteiger partial charge is 0.494 e. The summed E-state index contributed by atoms with van der Waals surface area (Å²) < 4.78 is 3.16. The van der Waals surface area contributed by atoms with Gasteiger partial charge < -0.3 is 10.2 Å². The average molecular weight is 583 g/mol. The molecule has 0 fully saturated rings. The number of hydrogen-bond acceptors (Lipinski definition) is 8. The second kappa shape index (κ2) is 12.0. The molecule has 2 aromatic rings. The summed E-state index contributed by atoms with van der Waals surface area (Å²) in [5.74, 6) is 6.11. The van der Waals surface area contributed by atoms with Gasteiger partial charge in [-0.3, -0.25) is 18.7 Å². The fourth-order valence-corrected chi connectivity index (χ4v) is 9.72. The van der Waals surface area contributed by atoms with Crippen molar-refractivity contribution in [2.45, 2.75) is 80.7 Å². The normalized spacial score (nSPS) is 15.2. The van der Waals surface area contributed by atoms with E-state index >= 15 is 0 Å². The maximum atomic E-state index is 12.7. The summed E-state index contributed by atoms with van der Waals surface area (Å²) in [5, 5.41) is 21.5. The van der Waals surface area contributed by atoms with Crippen molar-refractivity contribution in [1.82, 2.24) is 9.13 Å². The minimum atomic E-state index is -0.434. The van der Waals surface area contributed by atoms with Crippen LogP contribution in [0.2, 0.25) is 0 Å². The van der Waals surface area contributed by atoms with Crippen LogP contribution in [0.5, 0.6) is 11.8 Å². The Morgan fingerprint density at radius 1 is 0.757 bits per heavy atom. The van der Waals surface area contributed by atoms with Crippen molar-refractivity contribution in [2.75, 3.05) is 34.5 Å². The van der Waals surface area contributed by atoms with Gasteiger partial charge in [-0.25, -0.2) is 0 Å². The van der Waals surface area contributed by atoms with Crippen molar-refractivity contribution in [3.63, 3.8) is 0 Å². The zero-order chi connectivity index (χ0) is 26.8. The van der Waals surface area contributed by atoms with E-state index in [-0.39, 0.29) is 22.9 Å². The van der Waals surface area contributed by atoms with Crippen molar-refractivity contribution < 1.29 is 10.2 Å². The van der Waals surface area contributed by atoms with E-state index in [1.54, 1.807) is 44.8 Å².